The van der Waals surface area contributed by atoms with Crippen molar-refractivity contribution in [3.8, 4) is 5.75 Å². The maximum absolute atomic E-state index is 11.5. The lowest BCUT2D eigenvalue weighted by Gasteiger charge is -2.03. The Balaban J connectivity index is 2.74. The Morgan fingerprint density at radius 3 is 2.50 bits per heavy atom. The number of hydrogen-bond donors (Lipinski definition) is 2. The second-order valence-corrected chi connectivity index (χ2v) is 3.44. The predicted octanol–water partition coefficient (Wildman–Crippen LogP) is 1.96. The van der Waals surface area contributed by atoms with Gasteiger partial charge in [-0.15, -0.1) is 23.2 Å². The predicted molar refractivity (Wildman–Crippen MR) is 64.4 cm³/mol. The van der Waals surface area contributed by atoms with E-state index in [2.05, 4.69) is 10.5 Å². The summed E-state index contributed by atoms with van der Waals surface area (Å²) in [5.74, 6) is -0.325. The summed E-state index contributed by atoms with van der Waals surface area (Å²) in [5.41, 5.74) is 2.86. The third kappa shape index (κ3) is 3.40. The van der Waals surface area contributed by atoms with E-state index in [1.807, 2.05) is 0 Å². The van der Waals surface area contributed by atoms with Crippen LogP contribution in [0.2, 0.25) is 0 Å². The Morgan fingerprint density at radius 2 is 1.94 bits per heavy atom. The highest BCUT2D eigenvalue weighted by Crippen LogP contribution is 2.14. The molecule has 6 heteroatoms. The molecule has 1 aromatic rings. The monoisotopic (exact) mass is 260 g/mol. The molecule has 0 radical (unpaired) electrons. The lowest BCUT2D eigenvalue weighted by molar-refractivity contribution is 0.0952. The normalized spacial score (nSPS) is 9.62. The van der Waals surface area contributed by atoms with E-state index in [4.69, 9.17) is 23.2 Å². The van der Waals surface area contributed by atoms with Crippen LogP contribution in [0.1, 0.15) is 10.4 Å². The van der Waals surface area contributed by atoms with Gasteiger partial charge in [-0.1, -0.05) is 12.1 Å². The molecule has 0 fully saturated rings. The van der Waals surface area contributed by atoms with Gasteiger partial charge in [0.05, 0.1) is 23.0 Å². The van der Waals surface area contributed by atoms with Crippen molar-refractivity contribution in [1.29, 1.82) is 0 Å². The molecule has 0 spiro atoms. The lowest BCUT2D eigenvalue weighted by atomic mass is 10.2. The lowest BCUT2D eigenvalue weighted by Crippen LogP contribution is -2.20. The zero-order valence-corrected chi connectivity index (χ0v) is 9.79. The fraction of sp³-hybridized carbons (Fsp3) is 0.200. The van der Waals surface area contributed by atoms with Gasteiger partial charge in [0.2, 0.25) is 0 Å². The van der Waals surface area contributed by atoms with Crippen LogP contribution in [0.15, 0.2) is 29.4 Å². The Labute approximate surface area is 103 Å². The third-order valence-corrected chi connectivity index (χ3v) is 2.39. The van der Waals surface area contributed by atoms with Crippen molar-refractivity contribution in [3.05, 3.63) is 29.8 Å². The van der Waals surface area contributed by atoms with E-state index in [1.54, 1.807) is 12.1 Å². The first-order valence-electron chi connectivity index (χ1n) is 4.44. The molecule has 0 aliphatic heterocycles. The fourth-order valence-electron chi connectivity index (χ4n) is 0.951. The molecule has 0 aromatic heterocycles. The summed E-state index contributed by atoms with van der Waals surface area (Å²) >= 11 is 11.0. The first-order valence-corrected chi connectivity index (χ1v) is 5.51. The summed E-state index contributed by atoms with van der Waals surface area (Å²) in [6.45, 7) is 0. The van der Waals surface area contributed by atoms with Crippen LogP contribution in [0.25, 0.3) is 0 Å². The fourth-order valence-corrected chi connectivity index (χ4v) is 1.36. The van der Waals surface area contributed by atoms with Crippen LogP contribution in [0, 0.1) is 0 Å². The number of phenols is 1. The average Bonchev–Trinajstić information content (AvgIpc) is 2.30. The molecule has 4 nitrogen and oxygen atoms in total. The van der Waals surface area contributed by atoms with Crippen molar-refractivity contribution in [2.75, 3.05) is 11.8 Å². The standard InChI is InChI=1S/C10H10Cl2N2O2/c11-5-7(6-12)13-14-10(16)8-3-1-2-4-9(8)15/h1-4,15H,5-6H2,(H,14,16). The second-order valence-electron chi connectivity index (χ2n) is 2.90. The van der Waals surface area contributed by atoms with Crippen molar-refractivity contribution in [3.63, 3.8) is 0 Å². The van der Waals surface area contributed by atoms with Crippen LogP contribution in [-0.4, -0.2) is 28.5 Å². The van der Waals surface area contributed by atoms with Crippen LogP contribution in [0.5, 0.6) is 5.75 Å². The Hall–Kier alpha value is -1.26. The molecular weight excluding hydrogens is 251 g/mol. The number of amides is 1. The number of hydrazone groups is 1. The van der Waals surface area contributed by atoms with E-state index in [1.165, 1.54) is 12.1 Å². The van der Waals surface area contributed by atoms with Crippen LogP contribution in [0.4, 0.5) is 0 Å². The molecule has 0 saturated carbocycles. The molecule has 0 saturated heterocycles. The molecule has 2 N–H and O–H groups in total. The minimum Gasteiger partial charge on any atom is -0.507 e. The van der Waals surface area contributed by atoms with Gasteiger partial charge in [-0.05, 0) is 12.1 Å². The minimum atomic E-state index is -0.508. The molecule has 1 aromatic carbocycles. The highest BCUT2D eigenvalue weighted by molar-refractivity contribution is 6.37. The van der Waals surface area contributed by atoms with Gasteiger partial charge in [0, 0.05) is 0 Å². The number of alkyl halides is 2. The first kappa shape index (κ1) is 12.8. The van der Waals surface area contributed by atoms with Crippen molar-refractivity contribution in [1.82, 2.24) is 5.43 Å². The number of phenolic OH excluding ortho intramolecular Hbond substituents is 1. The smallest absolute Gasteiger partial charge is 0.275 e. The Bertz CT molecular complexity index is 402. The van der Waals surface area contributed by atoms with Gasteiger partial charge in [0.25, 0.3) is 5.91 Å². The Kier molecular flexibility index (Phi) is 5.08. The summed E-state index contributed by atoms with van der Waals surface area (Å²) in [4.78, 5) is 11.5. The quantitative estimate of drug-likeness (QED) is 0.494. The SMILES string of the molecule is O=C(NN=C(CCl)CCl)c1ccccc1O. The molecule has 86 valence electrons. The van der Waals surface area contributed by atoms with Crippen molar-refractivity contribution >= 4 is 34.8 Å². The largest absolute Gasteiger partial charge is 0.507 e. The zero-order chi connectivity index (χ0) is 12.0. The number of carbonyl (C=O) groups is 1. The van der Waals surface area contributed by atoms with Crippen molar-refractivity contribution < 1.29 is 9.90 Å². The number of benzene rings is 1. The topological polar surface area (TPSA) is 61.7 Å². The molecule has 0 bridgehead atoms. The van der Waals surface area contributed by atoms with Gasteiger partial charge in [-0.2, -0.15) is 5.10 Å². The van der Waals surface area contributed by atoms with E-state index >= 15 is 0 Å². The summed E-state index contributed by atoms with van der Waals surface area (Å²) in [6.07, 6.45) is 0. The molecule has 0 atom stereocenters. The van der Waals surface area contributed by atoms with Crippen molar-refractivity contribution in [2.24, 2.45) is 5.10 Å². The molecular formula is C10H10Cl2N2O2. The molecule has 1 amide bonds. The number of carbonyl (C=O) groups excluding carboxylic acids is 1. The van der Waals surface area contributed by atoms with E-state index in [0.29, 0.717) is 5.71 Å². The summed E-state index contributed by atoms with van der Waals surface area (Å²) in [6, 6.07) is 6.17. The summed E-state index contributed by atoms with van der Waals surface area (Å²) in [7, 11) is 0. The Morgan fingerprint density at radius 1 is 1.31 bits per heavy atom. The highest BCUT2D eigenvalue weighted by Gasteiger charge is 2.09. The minimum absolute atomic E-state index is 0.103. The van der Waals surface area contributed by atoms with Gasteiger partial charge in [0.15, 0.2) is 0 Å². The molecule has 0 heterocycles. The van der Waals surface area contributed by atoms with Gasteiger partial charge >= 0.3 is 0 Å². The van der Waals surface area contributed by atoms with Gasteiger partial charge in [-0.25, -0.2) is 5.43 Å². The average molecular weight is 261 g/mol. The summed E-state index contributed by atoms with van der Waals surface area (Å²) < 4.78 is 0. The maximum atomic E-state index is 11.5. The van der Waals surface area contributed by atoms with Gasteiger partial charge < -0.3 is 5.11 Å². The molecule has 0 unspecified atom stereocenters. The molecule has 0 aliphatic carbocycles. The summed E-state index contributed by atoms with van der Waals surface area (Å²) in [5, 5.41) is 13.1. The maximum Gasteiger partial charge on any atom is 0.275 e. The van der Waals surface area contributed by atoms with E-state index in [9.17, 15) is 9.90 Å². The molecule has 16 heavy (non-hydrogen) atoms. The van der Waals surface area contributed by atoms with Crippen LogP contribution in [-0.2, 0) is 0 Å². The van der Waals surface area contributed by atoms with Gasteiger partial charge in [-0.3, -0.25) is 4.79 Å². The van der Waals surface area contributed by atoms with Gasteiger partial charge in [0.1, 0.15) is 5.75 Å². The number of nitrogens with zero attached hydrogens (tertiary/aromatic N) is 1. The molecule has 1 rings (SSSR count). The number of aromatic hydroxyl groups is 1. The number of halogens is 2. The number of rotatable bonds is 4. The molecule has 0 aliphatic rings. The second kappa shape index (κ2) is 6.35. The van der Waals surface area contributed by atoms with E-state index in [0.717, 1.165) is 0 Å². The van der Waals surface area contributed by atoms with Crippen molar-refractivity contribution in [2.45, 2.75) is 0 Å². The van der Waals surface area contributed by atoms with Crippen LogP contribution < -0.4 is 5.43 Å². The number of nitrogens with one attached hydrogen (secondary N) is 1. The number of hydrogen-bond acceptors (Lipinski definition) is 3. The highest BCUT2D eigenvalue weighted by atomic mass is 35.5. The van der Waals surface area contributed by atoms with E-state index in [-0.39, 0.29) is 23.1 Å². The third-order valence-electron chi connectivity index (χ3n) is 1.77. The zero-order valence-electron chi connectivity index (χ0n) is 8.28. The first-order chi connectivity index (χ1) is 7.69. The van der Waals surface area contributed by atoms with Crippen LogP contribution in [0.3, 0.4) is 0 Å². The van der Waals surface area contributed by atoms with Crippen LogP contribution >= 0.6 is 23.2 Å². The van der Waals surface area contributed by atoms with E-state index < -0.39 is 5.91 Å². The number of para-hydroxylation sites is 1.